The summed E-state index contributed by atoms with van der Waals surface area (Å²) in [6.45, 7) is 18.7. The number of hydrogen-bond acceptors (Lipinski definition) is 20. The molecular formula is C101H105FN26O5. The molecular weight excluding hydrogens is 1680 g/mol. The van der Waals surface area contributed by atoms with Gasteiger partial charge in [-0.2, -0.15) is 30.3 Å². The number of rotatable bonds is 22. The summed E-state index contributed by atoms with van der Waals surface area (Å²) < 4.78 is 35.5. The molecule has 0 radical (unpaired) electrons. The number of carbonyl (C=O) groups excluding carboxylic acids is 1. The van der Waals surface area contributed by atoms with Crippen molar-refractivity contribution >= 4 is 45.2 Å². The van der Waals surface area contributed by atoms with Crippen LogP contribution < -0.4 is 26.7 Å². The monoisotopic (exact) mass is 1780 g/mol. The second-order valence-corrected chi connectivity index (χ2v) is 32.8. The Labute approximate surface area is 768 Å². The molecule has 1 aliphatic rings. The van der Waals surface area contributed by atoms with Crippen LogP contribution in [-0.2, 0) is 58.5 Å². The minimum atomic E-state index is -0.283. The fraction of sp³-hybridized carbons (Fsp3) is 0.238. The smallest absolute Gasteiger partial charge is 0.330 e. The summed E-state index contributed by atoms with van der Waals surface area (Å²) in [6.07, 6.45) is 24.7. The number of aryl methyl sites for hydroxylation is 3. The van der Waals surface area contributed by atoms with Crippen molar-refractivity contribution in [3.05, 3.63) is 351 Å². The molecule has 32 heteroatoms. The summed E-state index contributed by atoms with van der Waals surface area (Å²) in [5.74, 6) is 3.83. The number of benzene rings is 6. The molecule has 0 saturated carbocycles. The third kappa shape index (κ3) is 19.7. The van der Waals surface area contributed by atoms with Crippen LogP contribution >= 0.6 is 0 Å². The Bertz CT molecular complexity index is 7200. The van der Waals surface area contributed by atoms with Gasteiger partial charge in [0.15, 0.2) is 40.2 Å². The number of amides is 1. The van der Waals surface area contributed by atoms with E-state index in [0.29, 0.717) is 130 Å². The van der Waals surface area contributed by atoms with Crippen LogP contribution in [0.1, 0.15) is 140 Å². The lowest BCUT2D eigenvalue weighted by molar-refractivity contribution is -0.117. The Morgan fingerprint density at radius 1 is 0.376 bits per heavy atom. The van der Waals surface area contributed by atoms with E-state index in [0.717, 1.165) is 67.4 Å². The average Bonchev–Trinajstić information content (AvgIpc) is 1.62. The van der Waals surface area contributed by atoms with Crippen LogP contribution in [0.5, 0.6) is 5.88 Å². The molecule has 20 rings (SSSR count). The van der Waals surface area contributed by atoms with E-state index >= 15 is 0 Å². The van der Waals surface area contributed by atoms with Crippen LogP contribution in [0, 0.1) is 11.7 Å². The van der Waals surface area contributed by atoms with Crippen LogP contribution in [-0.4, -0.2) is 134 Å². The van der Waals surface area contributed by atoms with E-state index in [4.69, 9.17) is 24.7 Å². The fourth-order valence-electron chi connectivity index (χ4n) is 15.6. The number of ether oxygens (including phenoxy) is 1. The van der Waals surface area contributed by atoms with Crippen molar-refractivity contribution in [2.45, 2.75) is 128 Å². The van der Waals surface area contributed by atoms with Gasteiger partial charge in [-0.25, -0.2) is 77.7 Å². The minimum absolute atomic E-state index is 0. The lowest BCUT2D eigenvalue weighted by atomic mass is 9.96. The molecule has 676 valence electrons. The van der Waals surface area contributed by atoms with Crippen molar-refractivity contribution in [2.24, 2.45) is 27.1 Å². The number of carbonyl (C=O) groups is 1. The van der Waals surface area contributed by atoms with Gasteiger partial charge in [0.2, 0.25) is 11.8 Å². The number of fused-ring (bicyclic) bond motifs is 4. The Morgan fingerprint density at radius 3 is 1.24 bits per heavy atom. The zero-order valence-electron chi connectivity index (χ0n) is 73.5. The Kier molecular flexibility index (Phi) is 28.3. The molecule has 0 atom stereocenters. The third-order valence-electron chi connectivity index (χ3n) is 22.3. The van der Waals surface area contributed by atoms with E-state index in [2.05, 4.69) is 103 Å². The first-order valence-electron chi connectivity index (χ1n) is 42.6. The zero-order valence-corrected chi connectivity index (χ0v) is 73.5. The molecule has 1 aliphatic heterocycles. The highest BCUT2D eigenvalue weighted by Crippen LogP contribution is 2.36. The maximum Gasteiger partial charge on any atom is 0.330 e. The number of nitrogens with zero attached hydrogens (tertiary/aromatic N) is 26. The summed E-state index contributed by atoms with van der Waals surface area (Å²) in [4.78, 5) is 101. The lowest BCUT2D eigenvalue weighted by Gasteiger charge is -2.17. The van der Waals surface area contributed by atoms with Gasteiger partial charge >= 0.3 is 17.1 Å². The summed E-state index contributed by atoms with van der Waals surface area (Å²) in [5, 5.41) is 21.0. The van der Waals surface area contributed by atoms with Gasteiger partial charge < -0.3 is 4.74 Å². The van der Waals surface area contributed by atoms with E-state index in [1.165, 1.54) is 16.2 Å². The molecule has 0 N–H and O–H groups in total. The predicted octanol–water partition coefficient (Wildman–Crippen LogP) is 17.1. The minimum Gasteiger partial charge on any atom is -0.477 e. The average molecular weight is 1780 g/mol. The van der Waals surface area contributed by atoms with Crippen molar-refractivity contribution in [2.75, 3.05) is 11.5 Å². The molecule has 19 aromatic rings. The van der Waals surface area contributed by atoms with E-state index < -0.39 is 0 Å². The molecule has 0 unspecified atom stereocenters. The molecule has 133 heavy (non-hydrogen) atoms. The first kappa shape index (κ1) is 92.9. The van der Waals surface area contributed by atoms with Crippen LogP contribution in [0.2, 0.25) is 0 Å². The number of pyridine rings is 2. The van der Waals surface area contributed by atoms with Gasteiger partial charge in [0, 0.05) is 105 Å². The van der Waals surface area contributed by atoms with Crippen LogP contribution in [0.25, 0.3) is 102 Å². The van der Waals surface area contributed by atoms with Gasteiger partial charge in [-0.1, -0.05) is 163 Å². The van der Waals surface area contributed by atoms with Crippen molar-refractivity contribution in [3.63, 3.8) is 0 Å². The number of anilines is 1. The molecule has 1 amide bonds. The summed E-state index contributed by atoms with van der Waals surface area (Å²) in [6, 6.07) is 57.9. The first-order valence-corrected chi connectivity index (χ1v) is 42.6. The summed E-state index contributed by atoms with van der Waals surface area (Å²) in [7, 11) is 5.20. The van der Waals surface area contributed by atoms with Gasteiger partial charge in [-0.3, -0.25) is 42.1 Å². The number of hydrogen-bond donors (Lipinski definition) is 0. The lowest BCUT2D eigenvalue weighted by Crippen LogP contribution is -2.26. The quantitative estimate of drug-likeness (QED) is 0.0608. The van der Waals surface area contributed by atoms with Gasteiger partial charge in [0.05, 0.1) is 104 Å². The molecule has 0 spiro atoms. The van der Waals surface area contributed by atoms with Gasteiger partial charge in [0.1, 0.15) is 28.2 Å². The molecule has 31 nitrogen and oxygen atoms in total. The topological polar surface area (TPSA) is 323 Å². The number of imidazole rings is 3. The number of halogens is 1. The Balaban J connectivity index is 0.000000141. The molecule has 13 aromatic heterocycles. The first-order chi connectivity index (χ1) is 63.1. The van der Waals surface area contributed by atoms with Gasteiger partial charge in [-0.15, -0.1) is 0 Å². The number of aromatic nitrogens is 25. The highest BCUT2D eigenvalue weighted by atomic mass is 19.1. The third-order valence-corrected chi connectivity index (χ3v) is 22.3. The standard InChI is InChI=1S/C25H23FN6O.C25H24N6O.C24H23N7O2.C24H23N7O.3CH4/c1-16(2)22-19(6-4-7-20(22)26)23-27-14-21-24(29-23)31(25(33)30(21)3)15-17-8-10-18(11-9-17)32-13-5-12-28-32;1-17(2)20-7-4-5-8-21(20)23-26-15-22-24(28-23)30(25(32)29(22)3)16-18-9-11-19(12-10-18)31-14-6-13-27-31;1-16(2)15-33-24-20(4-3-9-25-24)22-26-13-18-12-21(32)30(23(18)29-22)14-17-5-7-19(8-6-17)31-27-10-11-28-31;1-16(2)21-19(6-4-11-25-21)22-26-14-20-23(28-22)30(24(32)29(20)3)15-17-7-9-18(10-8-17)31-13-5-12-27-31;;;/h4-14,16H,15H2,1-3H3;4-15,17H,16H2,1-3H3;3-11,13,16H,12,14-15H2,1-2H3;4-14,16H,15H2,1-3H3;3*1H4. The molecule has 0 fully saturated rings. The molecule has 14 heterocycles. The maximum atomic E-state index is 14.5. The zero-order chi connectivity index (χ0) is 90.4. The largest absolute Gasteiger partial charge is 0.477 e. The van der Waals surface area contributed by atoms with E-state index in [1.807, 2.05) is 196 Å². The van der Waals surface area contributed by atoms with Gasteiger partial charge in [0.25, 0.3) is 0 Å². The van der Waals surface area contributed by atoms with E-state index in [9.17, 15) is 23.6 Å². The normalized spacial score (nSPS) is 11.6. The van der Waals surface area contributed by atoms with E-state index in [1.54, 1.807) is 142 Å². The summed E-state index contributed by atoms with van der Waals surface area (Å²) >= 11 is 0. The molecule has 0 saturated heterocycles. The van der Waals surface area contributed by atoms with Crippen LogP contribution in [0.3, 0.4) is 0 Å². The predicted molar refractivity (Wildman–Crippen MR) is 515 cm³/mol. The van der Waals surface area contributed by atoms with Crippen molar-refractivity contribution in [1.29, 1.82) is 0 Å². The highest BCUT2D eigenvalue weighted by Gasteiger charge is 2.31. The molecule has 0 aliphatic carbocycles. The van der Waals surface area contributed by atoms with E-state index in [-0.39, 0.29) is 69.3 Å². The Morgan fingerprint density at radius 2 is 0.789 bits per heavy atom. The van der Waals surface area contributed by atoms with Crippen LogP contribution in [0.4, 0.5) is 10.2 Å². The second-order valence-electron chi connectivity index (χ2n) is 32.8. The molecule has 6 aromatic carbocycles. The Hall–Kier alpha value is -16.3. The highest BCUT2D eigenvalue weighted by molar-refractivity contribution is 6.00. The second kappa shape index (κ2) is 40.6. The van der Waals surface area contributed by atoms with Crippen molar-refractivity contribution in [3.8, 4) is 74.2 Å². The fourth-order valence-corrected chi connectivity index (χ4v) is 15.6. The molecule has 0 bridgehead atoms. The summed E-state index contributed by atoms with van der Waals surface area (Å²) in [5.41, 5.74) is 17.8. The SMILES string of the molecule is C.C.C.CC(C)COc1ncccc1-c1ncc2c(n1)N(Cc1ccc(-n3nccn3)cc1)C(=O)C2.CC(C)c1c(F)cccc1-c1ncc2c(n1)n(Cc1ccc(-n3cccn3)cc1)c(=O)n2C.CC(C)c1ccccc1-c1ncc2c(n1)n(Cc1ccc(-n3cccn3)cc1)c(=O)n2C.CC(C)c1ncccc1-c1ncc2c(n1)n(Cc1ccc(-n3cccn3)cc1)c(=O)n2C. The van der Waals surface area contributed by atoms with Crippen LogP contribution in [0.15, 0.2) is 283 Å². The van der Waals surface area contributed by atoms with Crippen molar-refractivity contribution < 1.29 is 13.9 Å². The van der Waals surface area contributed by atoms with Crippen molar-refractivity contribution in [1.82, 2.24) is 122 Å². The van der Waals surface area contributed by atoms with Gasteiger partial charge in [-0.05, 0) is 149 Å². The maximum absolute atomic E-state index is 14.5.